The molecule has 1 heterocycles. The highest BCUT2D eigenvalue weighted by atomic mass is 16.5. The third-order valence-corrected chi connectivity index (χ3v) is 7.60. The van der Waals surface area contributed by atoms with Gasteiger partial charge in [-0.15, -0.1) is 0 Å². The first-order valence-corrected chi connectivity index (χ1v) is 14.0. The molecule has 11 nitrogen and oxygen atoms in total. The van der Waals surface area contributed by atoms with Crippen LogP contribution in [0.5, 0.6) is 0 Å². The summed E-state index contributed by atoms with van der Waals surface area (Å²) in [7, 11) is 0. The van der Waals surface area contributed by atoms with Crippen LogP contribution in [0.2, 0.25) is 0 Å². The Labute approximate surface area is 234 Å². The van der Waals surface area contributed by atoms with Crippen LogP contribution in [-0.4, -0.2) is 58.6 Å². The Morgan fingerprint density at radius 3 is 2.52 bits per heavy atom. The number of benzene rings is 1. The van der Waals surface area contributed by atoms with E-state index in [0.29, 0.717) is 36.9 Å². The van der Waals surface area contributed by atoms with E-state index in [-0.39, 0.29) is 48.8 Å². The van der Waals surface area contributed by atoms with E-state index in [9.17, 15) is 19.2 Å². The smallest absolute Gasteiger partial charge is 0.325 e. The van der Waals surface area contributed by atoms with Crippen molar-refractivity contribution in [2.75, 3.05) is 18.4 Å². The normalized spacial score (nSPS) is 19.9. The number of carbonyl (C=O) groups is 4. The highest BCUT2D eigenvalue weighted by Crippen LogP contribution is 2.38. The van der Waals surface area contributed by atoms with Crippen molar-refractivity contribution in [1.29, 1.82) is 0 Å². The zero-order valence-electron chi connectivity index (χ0n) is 23.5. The third kappa shape index (κ3) is 6.70. The van der Waals surface area contributed by atoms with Crippen LogP contribution in [0.3, 0.4) is 0 Å². The molecule has 1 aromatic heterocycles. The Kier molecular flexibility index (Phi) is 8.92. The summed E-state index contributed by atoms with van der Waals surface area (Å²) in [6.07, 6.45) is 4.54. The minimum Gasteiger partial charge on any atom is -0.461 e. The molecule has 1 fully saturated rings. The number of anilines is 1. The Balaban J connectivity index is 1.47. The average Bonchev–Trinajstić information content (AvgIpc) is 3.26. The molecule has 0 atom stereocenters. The first-order chi connectivity index (χ1) is 19.0. The van der Waals surface area contributed by atoms with Crippen LogP contribution in [0.4, 0.5) is 5.69 Å². The van der Waals surface area contributed by atoms with Gasteiger partial charge in [0, 0.05) is 31.1 Å². The Morgan fingerprint density at radius 1 is 1.15 bits per heavy atom. The van der Waals surface area contributed by atoms with Gasteiger partial charge < -0.3 is 26.8 Å². The fraction of sp³-hybridized carbons (Fsp3) is 0.552. The number of ether oxygens (including phenoxy) is 1. The molecular formula is C29H40N6O5. The average molecular weight is 553 g/mol. The lowest BCUT2D eigenvalue weighted by Gasteiger charge is -2.30. The molecule has 0 saturated heterocycles. The molecular weight excluding hydrogens is 512 g/mol. The Morgan fingerprint density at radius 2 is 1.88 bits per heavy atom. The molecule has 2 aliphatic carbocycles. The molecule has 4 rings (SSSR count). The number of hydrogen-bond acceptors (Lipinski definition) is 8. The zero-order valence-corrected chi connectivity index (χ0v) is 23.5. The molecule has 1 saturated carbocycles. The largest absolute Gasteiger partial charge is 0.461 e. The number of nitrogens with two attached hydrogens (primary N) is 2. The number of carbonyl (C=O) groups excluding carboxylic acids is 4. The minimum absolute atomic E-state index is 0.0470. The predicted octanol–water partition coefficient (Wildman–Crippen LogP) is 2.42. The molecule has 0 radical (unpaired) electrons. The molecule has 2 aromatic rings. The topological polar surface area (TPSA) is 171 Å². The van der Waals surface area contributed by atoms with E-state index >= 15 is 0 Å². The molecule has 1 aromatic carbocycles. The SMILES string of the molecule is CCc1nn(-c2ccc(C(N)=O)c(N[C@H]3CC[C@H](OC(=O)CNC(=O)CCN)CC3)c2)c2c1C(=O)CC(C)(C)C2. The van der Waals surface area contributed by atoms with Gasteiger partial charge in [0.05, 0.1) is 28.2 Å². The first kappa shape index (κ1) is 29.3. The highest BCUT2D eigenvalue weighted by molar-refractivity contribution is 6.00. The number of hydrogen-bond donors (Lipinski definition) is 4. The standard InChI is InChI=1S/C29H40N6O5/c1-4-21-27-23(14-29(2,3)15-24(27)36)35(34-21)18-7-10-20(28(31)39)22(13-18)33-17-5-8-19(9-6-17)40-26(38)16-32-25(37)11-12-30/h7,10,13,17,19,33H,4-6,8-9,11-12,14-16,30H2,1-3H3,(H2,31,39)(H,32,37)/t17-,19-. The fourth-order valence-corrected chi connectivity index (χ4v) is 5.65. The van der Waals surface area contributed by atoms with Crippen molar-refractivity contribution in [2.24, 2.45) is 16.9 Å². The summed E-state index contributed by atoms with van der Waals surface area (Å²) in [6.45, 7) is 6.22. The lowest BCUT2D eigenvalue weighted by atomic mass is 9.75. The summed E-state index contributed by atoms with van der Waals surface area (Å²) in [4.78, 5) is 48.9. The Hall–Kier alpha value is -3.73. The number of rotatable bonds is 10. The van der Waals surface area contributed by atoms with Crippen molar-refractivity contribution in [3.05, 3.63) is 40.7 Å². The van der Waals surface area contributed by atoms with E-state index in [4.69, 9.17) is 21.3 Å². The fourth-order valence-electron chi connectivity index (χ4n) is 5.65. The molecule has 2 aliphatic rings. The number of esters is 1. The van der Waals surface area contributed by atoms with E-state index in [1.54, 1.807) is 6.07 Å². The molecule has 11 heteroatoms. The molecule has 0 unspecified atom stereocenters. The lowest BCUT2D eigenvalue weighted by Crippen LogP contribution is -2.36. The minimum atomic E-state index is -0.540. The number of fused-ring (bicyclic) bond motifs is 1. The van der Waals surface area contributed by atoms with Gasteiger partial charge >= 0.3 is 5.97 Å². The number of nitrogens with one attached hydrogen (secondary N) is 2. The van der Waals surface area contributed by atoms with Gasteiger partial charge in [0.2, 0.25) is 5.91 Å². The molecule has 216 valence electrons. The van der Waals surface area contributed by atoms with Gasteiger partial charge in [-0.25, -0.2) is 4.68 Å². The number of aryl methyl sites for hydroxylation is 1. The molecule has 40 heavy (non-hydrogen) atoms. The summed E-state index contributed by atoms with van der Waals surface area (Å²) in [5.74, 6) is -1.17. The summed E-state index contributed by atoms with van der Waals surface area (Å²) in [6, 6.07) is 5.43. The van der Waals surface area contributed by atoms with E-state index in [0.717, 1.165) is 41.9 Å². The second-order valence-electron chi connectivity index (χ2n) is 11.5. The van der Waals surface area contributed by atoms with Crippen LogP contribution in [0.15, 0.2) is 18.2 Å². The maximum absolute atomic E-state index is 13.0. The summed E-state index contributed by atoms with van der Waals surface area (Å²) >= 11 is 0. The van der Waals surface area contributed by atoms with Crippen molar-refractivity contribution >= 4 is 29.3 Å². The van der Waals surface area contributed by atoms with E-state index < -0.39 is 11.9 Å². The summed E-state index contributed by atoms with van der Waals surface area (Å²) < 4.78 is 7.36. The van der Waals surface area contributed by atoms with Crippen LogP contribution in [0.25, 0.3) is 5.69 Å². The summed E-state index contributed by atoms with van der Waals surface area (Å²) in [5.41, 5.74) is 15.0. The number of Topliss-reactive ketones (excluding diaryl/α,β-unsaturated/α-hetero) is 1. The van der Waals surface area contributed by atoms with Crippen molar-refractivity contribution < 1.29 is 23.9 Å². The second kappa shape index (κ2) is 12.2. The van der Waals surface area contributed by atoms with Crippen molar-refractivity contribution in [1.82, 2.24) is 15.1 Å². The number of primary amides is 1. The van der Waals surface area contributed by atoms with Crippen LogP contribution < -0.4 is 22.1 Å². The second-order valence-corrected chi connectivity index (χ2v) is 11.5. The third-order valence-electron chi connectivity index (χ3n) is 7.60. The predicted molar refractivity (Wildman–Crippen MR) is 150 cm³/mol. The van der Waals surface area contributed by atoms with Crippen molar-refractivity contribution in [3.63, 3.8) is 0 Å². The van der Waals surface area contributed by atoms with Gasteiger partial charge in [-0.1, -0.05) is 20.8 Å². The Bertz CT molecular complexity index is 1290. The van der Waals surface area contributed by atoms with E-state index in [1.807, 2.05) is 23.7 Å². The van der Waals surface area contributed by atoms with Gasteiger partial charge in [-0.3, -0.25) is 19.2 Å². The van der Waals surface area contributed by atoms with Gasteiger partial charge in [0.25, 0.3) is 5.91 Å². The van der Waals surface area contributed by atoms with Crippen LogP contribution in [-0.2, 0) is 27.2 Å². The van der Waals surface area contributed by atoms with Crippen LogP contribution >= 0.6 is 0 Å². The van der Waals surface area contributed by atoms with Gasteiger partial charge in [0.15, 0.2) is 5.78 Å². The van der Waals surface area contributed by atoms with Gasteiger partial charge in [0.1, 0.15) is 12.6 Å². The highest BCUT2D eigenvalue weighted by Gasteiger charge is 2.36. The number of aromatic nitrogens is 2. The van der Waals surface area contributed by atoms with Crippen LogP contribution in [0.1, 0.15) is 91.4 Å². The molecule has 6 N–H and O–H groups in total. The number of ketones is 1. The molecule has 0 spiro atoms. The van der Waals surface area contributed by atoms with E-state index in [1.165, 1.54) is 0 Å². The monoisotopic (exact) mass is 552 g/mol. The quantitative estimate of drug-likeness (QED) is 0.325. The van der Waals surface area contributed by atoms with E-state index in [2.05, 4.69) is 24.5 Å². The maximum atomic E-state index is 13.0. The van der Waals surface area contributed by atoms with Gasteiger partial charge in [-0.2, -0.15) is 5.10 Å². The molecule has 2 amide bonds. The van der Waals surface area contributed by atoms with Crippen LogP contribution in [0, 0.1) is 5.41 Å². The van der Waals surface area contributed by atoms with Gasteiger partial charge in [-0.05, 0) is 62.1 Å². The maximum Gasteiger partial charge on any atom is 0.325 e. The van der Waals surface area contributed by atoms with Crippen molar-refractivity contribution in [3.8, 4) is 5.69 Å². The van der Waals surface area contributed by atoms with Crippen molar-refractivity contribution in [2.45, 2.75) is 84.3 Å². The number of amides is 2. The first-order valence-electron chi connectivity index (χ1n) is 14.0. The molecule has 0 bridgehead atoms. The molecule has 0 aliphatic heterocycles. The summed E-state index contributed by atoms with van der Waals surface area (Å²) in [5, 5.41) is 10.8. The zero-order chi connectivity index (χ0) is 29.0. The number of nitrogens with zero attached hydrogens (tertiary/aromatic N) is 2. The lowest BCUT2D eigenvalue weighted by molar-refractivity contribution is -0.150.